The number of hydrogen-bond acceptors (Lipinski definition) is 9. The summed E-state index contributed by atoms with van der Waals surface area (Å²) in [5.74, 6) is 0.416. The van der Waals surface area contributed by atoms with Crippen LogP contribution < -0.4 is 5.32 Å². The van der Waals surface area contributed by atoms with Crippen molar-refractivity contribution in [2.24, 2.45) is 4.99 Å². The standard InChI is InChI=1S/C23H17F3N6O2S/c1-12(6-19(33)18-10-21(29-11-28-18)31-22-27-4-5-35-22)20-9-17(32-34-20)16-8-13-7-14(23(24,25)26)2-3-15(13)30-16/h2-5,7,9-12H,6,8H2,1H3,(H,27,28,29,31)/t12-/m1/s1. The summed E-state index contributed by atoms with van der Waals surface area (Å²) in [6.45, 7) is 1.82. The summed E-state index contributed by atoms with van der Waals surface area (Å²) in [6.07, 6.45) is -1.12. The number of fused-ring (bicyclic) bond motifs is 1. The molecule has 0 fully saturated rings. The molecule has 3 aromatic heterocycles. The number of alkyl halides is 3. The maximum absolute atomic E-state index is 13.0. The first kappa shape index (κ1) is 22.8. The molecular formula is C23H17F3N6O2S. The lowest BCUT2D eigenvalue weighted by Gasteiger charge is -2.07. The highest BCUT2D eigenvalue weighted by Crippen LogP contribution is 2.36. The van der Waals surface area contributed by atoms with Gasteiger partial charge in [-0.3, -0.25) is 9.79 Å². The van der Waals surface area contributed by atoms with Crippen LogP contribution >= 0.6 is 11.3 Å². The number of carbonyl (C=O) groups is 1. The average molecular weight is 498 g/mol. The molecule has 35 heavy (non-hydrogen) atoms. The number of aliphatic imine (C=N–C) groups is 1. The summed E-state index contributed by atoms with van der Waals surface area (Å²) in [7, 11) is 0. The fraction of sp³-hybridized carbons (Fsp3) is 0.217. The molecule has 0 unspecified atom stereocenters. The highest BCUT2D eigenvalue weighted by Gasteiger charge is 2.32. The predicted octanol–water partition coefficient (Wildman–Crippen LogP) is 5.74. The molecule has 0 spiro atoms. The van der Waals surface area contributed by atoms with Crippen LogP contribution in [0.4, 0.5) is 29.8 Å². The van der Waals surface area contributed by atoms with Crippen molar-refractivity contribution in [1.82, 2.24) is 20.1 Å². The molecule has 1 aliphatic heterocycles. The molecule has 0 saturated carbocycles. The molecule has 8 nitrogen and oxygen atoms in total. The molecule has 4 aromatic rings. The van der Waals surface area contributed by atoms with Crippen LogP contribution in [0, 0.1) is 0 Å². The zero-order valence-corrected chi connectivity index (χ0v) is 19.0. The van der Waals surface area contributed by atoms with Crippen molar-refractivity contribution < 1.29 is 22.5 Å². The highest BCUT2D eigenvalue weighted by atomic mass is 32.1. The summed E-state index contributed by atoms with van der Waals surface area (Å²) in [5, 5.41) is 9.51. The van der Waals surface area contributed by atoms with Crippen molar-refractivity contribution >= 4 is 39.5 Å². The quantitative estimate of drug-likeness (QED) is 0.324. The molecule has 0 bridgehead atoms. The first-order valence-corrected chi connectivity index (χ1v) is 11.4. The summed E-state index contributed by atoms with van der Waals surface area (Å²) in [4.78, 5) is 29.5. The second-order valence-electron chi connectivity index (χ2n) is 7.97. The van der Waals surface area contributed by atoms with E-state index in [2.05, 4.69) is 30.4 Å². The number of Topliss-reactive ketones (excluding diaryl/α,β-unsaturated/α-hetero) is 1. The smallest absolute Gasteiger partial charge is 0.360 e. The van der Waals surface area contributed by atoms with Gasteiger partial charge in [0.1, 0.15) is 29.3 Å². The first-order valence-electron chi connectivity index (χ1n) is 10.5. The van der Waals surface area contributed by atoms with Crippen LogP contribution in [-0.2, 0) is 12.6 Å². The van der Waals surface area contributed by atoms with Crippen molar-refractivity contribution in [3.05, 3.63) is 76.5 Å². The van der Waals surface area contributed by atoms with E-state index in [0.717, 1.165) is 12.1 Å². The van der Waals surface area contributed by atoms with Crippen LogP contribution in [0.25, 0.3) is 0 Å². The van der Waals surface area contributed by atoms with Crippen molar-refractivity contribution in [2.75, 3.05) is 5.32 Å². The lowest BCUT2D eigenvalue weighted by atomic mass is 9.99. The summed E-state index contributed by atoms with van der Waals surface area (Å²) >= 11 is 1.40. The van der Waals surface area contributed by atoms with Gasteiger partial charge < -0.3 is 9.84 Å². The topological polar surface area (TPSA) is 106 Å². The summed E-state index contributed by atoms with van der Waals surface area (Å²) in [6, 6.07) is 6.70. The molecule has 1 N–H and O–H groups in total. The van der Waals surface area contributed by atoms with Crippen molar-refractivity contribution in [1.29, 1.82) is 0 Å². The Kier molecular flexibility index (Phi) is 5.89. The average Bonchev–Trinajstić information content (AvgIpc) is 3.58. The van der Waals surface area contributed by atoms with Crippen molar-refractivity contribution in [3.8, 4) is 0 Å². The molecule has 178 valence electrons. The number of nitrogens with zero attached hydrogens (tertiary/aromatic N) is 5. The SMILES string of the molecule is C[C@H](CC(=O)c1cc(Nc2nccs2)ncn1)c1cc(C2=Nc3ccc(C(F)(F)F)cc3C2)no1. The van der Waals surface area contributed by atoms with E-state index in [-0.39, 0.29) is 30.2 Å². The number of rotatable bonds is 7. The maximum atomic E-state index is 13.0. The summed E-state index contributed by atoms with van der Waals surface area (Å²) in [5.41, 5.74) is 1.44. The number of halogens is 3. The monoisotopic (exact) mass is 498 g/mol. The Labute approximate surface area is 201 Å². The molecular weight excluding hydrogens is 481 g/mol. The van der Waals surface area contributed by atoms with E-state index in [1.54, 1.807) is 18.3 Å². The van der Waals surface area contributed by atoms with Crippen molar-refractivity contribution in [3.63, 3.8) is 0 Å². The van der Waals surface area contributed by atoms with Gasteiger partial charge in [0, 0.05) is 42.5 Å². The minimum Gasteiger partial charge on any atom is -0.360 e. The fourth-order valence-electron chi connectivity index (χ4n) is 3.64. The Morgan fingerprint density at radius 3 is 2.83 bits per heavy atom. The lowest BCUT2D eigenvalue weighted by Crippen LogP contribution is -2.08. The molecule has 1 aliphatic rings. The Bertz CT molecular complexity index is 1410. The van der Waals surface area contributed by atoms with Gasteiger partial charge in [0.05, 0.1) is 17.0 Å². The second kappa shape index (κ2) is 9.02. The highest BCUT2D eigenvalue weighted by molar-refractivity contribution is 7.13. The van der Waals surface area contributed by atoms with Gasteiger partial charge in [-0.1, -0.05) is 12.1 Å². The van der Waals surface area contributed by atoms with Gasteiger partial charge in [-0.15, -0.1) is 11.3 Å². The van der Waals surface area contributed by atoms with Crippen LogP contribution in [0.2, 0.25) is 0 Å². The van der Waals surface area contributed by atoms with E-state index >= 15 is 0 Å². The second-order valence-corrected chi connectivity index (χ2v) is 8.86. The van der Waals surface area contributed by atoms with Crippen molar-refractivity contribution in [2.45, 2.75) is 31.9 Å². The molecule has 1 aromatic carbocycles. The normalized spacial score (nSPS) is 13.9. The minimum atomic E-state index is -4.41. The van der Waals surface area contributed by atoms with E-state index in [4.69, 9.17) is 4.52 Å². The van der Waals surface area contributed by atoms with Gasteiger partial charge in [-0.25, -0.2) is 15.0 Å². The summed E-state index contributed by atoms with van der Waals surface area (Å²) < 4.78 is 44.4. The third-order valence-corrected chi connectivity index (χ3v) is 6.13. The maximum Gasteiger partial charge on any atom is 0.416 e. The first-order chi connectivity index (χ1) is 16.8. The van der Waals surface area contributed by atoms with Gasteiger partial charge in [-0.2, -0.15) is 13.2 Å². The van der Waals surface area contributed by atoms with Crippen LogP contribution in [0.3, 0.4) is 0 Å². The number of aromatic nitrogens is 4. The van der Waals surface area contributed by atoms with Crippen LogP contribution in [0.15, 0.2) is 57.8 Å². The molecule has 0 saturated heterocycles. The molecule has 12 heteroatoms. The number of thiazole rings is 1. The number of ketones is 1. The largest absolute Gasteiger partial charge is 0.416 e. The van der Waals surface area contributed by atoms with E-state index in [0.29, 0.717) is 39.4 Å². The predicted molar refractivity (Wildman–Crippen MR) is 123 cm³/mol. The molecule has 0 radical (unpaired) electrons. The number of benzene rings is 1. The molecule has 4 heterocycles. The van der Waals surface area contributed by atoms with E-state index in [1.165, 1.54) is 23.7 Å². The molecule has 0 aliphatic carbocycles. The van der Waals surface area contributed by atoms with E-state index in [1.807, 2.05) is 12.3 Å². The Hall–Kier alpha value is -3.93. The third-order valence-electron chi connectivity index (χ3n) is 5.44. The van der Waals surface area contributed by atoms with Gasteiger partial charge in [0.15, 0.2) is 10.9 Å². The number of nitrogens with one attached hydrogen (secondary N) is 1. The fourth-order valence-corrected chi connectivity index (χ4v) is 4.18. The zero-order chi connectivity index (χ0) is 24.6. The number of hydrogen-bond donors (Lipinski definition) is 1. The molecule has 0 amide bonds. The van der Waals surface area contributed by atoms with Gasteiger partial charge in [-0.05, 0) is 23.8 Å². The Balaban J connectivity index is 1.25. The van der Waals surface area contributed by atoms with Gasteiger partial charge >= 0.3 is 6.18 Å². The van der Waals surface area contributed by atoms with Crippen LogP contribution in [0.1, 0.15) is 52.3 Å². The Morgan fingerprint density at radius 1 is 1.20 bits per heavy atom. The lowest BCUT2D eigenvalue weighted by molar-refractivity contribution is -0.137. The molecule has 1 atom stereocenters. The van der Waals surface area contributed by atoms with Crippen LogP contribution in [-0.4, -0.2) is 31.6 Å². The molecule has 5 rings (SSSR count). The zero-order valence-electron chi connectivity index (χ0n) is 18.2. The number of carbonyl (C=O) groups excluding carboxylic acids is 1. The van der Waals surface area contributed by atoms with Crippen LogP contribution in [0.5, 0.6) is 0 Å². The third kappa shape index (κ3) is 4.97. The van der Waals surface area contributed by atoms with Gasteiger partial charge in [0.2, 0.25) is 0 Å². The van der Waals surface area contributed by atoms with E-state index in [9.17, 15) is 18.0 Å². The number of anilines is 2. The van der Waals surface area contributed by atoms with E-state index < -0.39 is 11.7 Å². The minimum absolute atomic E-state index is 0.115. The Morgan fingerprint density at radius 2 is 2.06 bits per heavy atom. The van der Waals surface area contributed by atoms with Gasteiger partial charge in [0.25, 0.3) is 0 Å².